The van der Waals surface area contributed by atoms with Gasteiger partial charge in [-0.15, -0.1) is 6.42 Å². The molecule has 0 saturated carbocycles. The molecule has 0 saturated heterocycles. The van der Waals surface area contributed by atoms with Crippen molar-refractivity contribution in [2.45, 2.75) is 38.5 Å². The van der Waals surface area contributed by atoms with E-state index in [0.29, 0.717) is 0 Å². The van der Waals surface area contributed by atoms with E-state index >= 15 is 0 Å². The number of hydrogen-bond acceptors (Lipinski definition) is 1. The van der Waals surface area contributed by atoms with Crippen molar-refractivity contribution >= 4 is 11.6 Å². The van der Waals surface area contributed by atoms with Crippen molar-refractivity contribution in [1.82, 2.24) is 0 Å². The predicted octanol–water partition coefficient (Wildman–Crippen LogP) is 7.35. The molecule has 0 bridgehead atoms. The fourth-order valence-electron chi connectivity index (χ4n) is 3.27. The molecule has 0 radical (unpaired) electrons. The maximum Gasteiger partial charge on any atom is 0.127 e. The van der Waals surface area contributed by atoms with E-state index in [1.54, 1.807) is 0 Å². The molecular weight excluding hydrogens is 364 g/mol. The summed E-state index contributed by atoms with van der Waals surface area (Å²) in [5.74, 6) is 4.69. The summed E-state index contributed by atoms with van der Waals surface area (Å²) < 4.78 is 5.93. The summed E-state index contributed by atoms with van der Waals surface area (Å²) in [6, 6.07) is 24.2. The van der Waals surface area contributed by atoms with Gasteiger partial charge in [0.15, 0.2) is 0 Å². The molecule has 0 aliphatic heterocycles. The van der Waals surface area contributed by atoms with Gasteiger partial charge in [0.2, 0.25) is 0 Å². The standard InChI is InChI=1S/C26H25ClO/c1-4-26(3,22-16-15-20(2)25(27)19-22)17-9-11-21-10-8-14-24(18-21)28-23-12-6-5-7-13-23/h1,5-8,10,12-16,18-19H,9,11,17H2,2-3H3. The first-order valence-electron chi connectivity index (χ1n) is 9.56. The minimum Gasteiger partial charge on any atom is -0.457 e. The Labute approximate surface area is 173 Å². The quantitative estimate of drug-likeness (QED) is 0.384. The fourth-order valence-corrected chi connectivity index (χ4v) is 3.45. The molecule has 1 atom stereocenters. The molecule has 3 aromatic carbocycles. The number of terminal acetylenes is 1. The van der Waals surface area contributed by atoms with Gasteiger partial charge < -0.3 is 4.74 Å². The summed E-state index contributed by atoms with van der Waals surface area (Å²) in [7, 11) is 0. The molecule has 0 aromatic heterocycles. The molecule has 0 heterocycles. The van der Waals surface area contributed by atoms with Crippen LogP contribution in [0.3, 0.4) is 0 Å². The van der Waals surface area contributed by atoms with E-state index in [-0.39, 0.29) is 5.41 Å². The third-order valence-corrected chi connectivity index (χ3v) is 5.55. The highest BCUT2D eigenvalue weighted by molar-refractivity contribution is 6.31. The lowest BCUT2D eigenvalue weighted by atomic mass is 9.78. The van der Waals surface area contributed by atoms with Gasteiger partial charge in [0.1, 0.15) is 11.5 Å². The van der Waals surface area contributed by atoms with E-state index in [9.17, 15) is 0 Å². The summed E-state index contributed by atoms with van der Waals surface area (Å²) in [4.78, 5) is 0. The van der Waals surface area contributed by atoms with Crippen LogP contribution in [0.15, 0.2) is 72.8 Å². The van der Waals surface area contributed by atoms with Crippen molar-refractivity contribution in [2.24, 2.45) is 0 Å². The minimum atomic E-state index is -0.324. The zero-order valence-electron chi connectivity index (χ0n) is 16.4. The first-order valence-corrected chi connectivity index (χ1v) is 9.94. The molecule has 0 amide bonds. The first-order chi connectivity index (χ1) is 13.5. The van der Waals surface area contributed by atoms with Gasteiger partial charge in [-0.25, -0.2) is 0 Å². The Balaban J connectivity index is 1.64. The maximum atomic E-state index is 6.31. The Kier molecular flexibility index (Phi) is 6.45. The van der Waals surface area contributed by atoms with Gasteiger partial charge in [-0.1, -0.05) is 60.0 Å². The second-order valence-electron chi connectivity index (χ2n) is 7.36. The molecule has 0 aliphatic carbocycles. The van der Waals surface area contributed by atoms with E-state index in [1.165, 1.54) is 5.56 Å². The SMILES string of the molecule is C#CC(C)(CCCc1cccc(Oc2ccccc2)c1)c1ccc(C)c(Cl)c1. The molecule has 0 N–H and O–H groups in total. The van der Waals surface area contributed by atoms with Gasteiger partial charge in [0.05, 0.1) is 5.41 Å². The predicted molar refractivity (Wildman–Crippen MR) is 118 cm³/mol. The van der Waals surface area contributed by atoms with E-state index < -0.39 is 0 Å². The third kappa shape index (κ3) is 4.97. The second kappa shape index (κ2) is 9.00. The molecule has 0 spiro atoms. The van der Waals surface area contributed by atoms with Crippen LogP contribution in [0.4, 0.5) is 0 Å². The Morgan fingerprint density at radius 2 is 1.71 bits per heavy atom. The summed E-state index contributed by atoms with van der Waals surface area (Å²) >= 11 is 6.31. The molecule has 28 heavy (non-hydrogen) atoms. The lowest BCUT2D eigenvalue weighted by Crippen LogP contribution is -2.19. The van der Waals surface area contributed by atoms with Gasteiger partial charge in [-0.2, -0.15) is 0 Å². The number of rotatable bonds is 7. The number of ether oxygens (including phenoxy) is 1. The molecule has 2 heteroatoms. The van der Waals surface area contributed by atoms with Crippen LogP contribution in [0.1, 0.15) is 36.5 Å². The number of hydrogen-bond donors (Lipinski definition) is 0. The number of para-hydroxylation sites is 1. The van der Waals surface area contributed by atoms with Crippen molar-refractivity contribution in [3.63, 3.8) is 0 Å². The highest BCUT2D eigenvalue weighted by Crippen LogP contribution is 2.32. The molecule has 3 aromatic rings. The van der Waals surface area contributed by atoms with Gasteiger partial charge in [-0.3, -0.25) is 0 Å². The van der Waals surface area contributed by atoms with E-state index in [0.717, 1.165) is 46.9 Å². The van der Waals surface area contributed by atoms with Crippen molar-refractivity contribution in [3.8, 4) is 23.8 Å². The summed E-state index contributed by atoms with van der Waals surface area (Å²) in [5, 5.41) is 0.768. The molecule has 142 valence electrons. The van der Waals surface area contributed by atoms with E-state index in [1.807, 2.05) is 61.5 Å². The van der Waals surface area contributed by atoms with Crippen molar-refractivity contribution in [1.29, 1.82) is 0 Å². The first kappa shape index (κ1) is 20.1. The largest absolute Gasteiger partial charge is 0.457 e. The van der Waals surface area contributed by atoms with Crippen molar-refractivity contribution in [3.05, 3.63) is 94.5 Å². The third-order valence-electron chi connectivity index (χ3n) is 5.15. The second-order valence-corrected chi connectivity index (χ2v) is 7.76. The summed E-state index contributed by atoms with van der Waals surface area (Å²) in [6.07, 6.45) is 8.73. The van der Waals surface area contributed by atoms with Crippen LogP contribution in [0.2, 0.25) is 5.02 Å². The topological polar surface area (TPSA) is 9.23 Å². The zero-order chi connectivity index (χ0) is 20.0. The monoisotopic (exact) mass is 388 g/mol. The number of benzene rings is 3. The molecule has 1 unspecified atom stereocenters. The minimum absolute atomic E-state index is 0.324. The molecule has 1 nitrogen and oxygen atoms in total. The van der Waals surface area contributed by atoms with Gasteiger partial charge in [0, 0.05) is 5.02 Å². The maximum absolute atomic E-state index is 6.31. The average Bonchev–Trinajstić information content (AvgIpc) is 2.71. The highest BCUT2D eigenvalue weighted by Gasteiger charge is 2.24. The normalized spacial score (nSPS) is 12.8. The Bertz CT molecular complexity index is 971. The zero-order valence-corrected chi connectivity index (χ0v) is 17.2. The lowest BCUT2D eigenvalue weighted by Gasteiger charge is -2.25. The van der Waals surface area contributed by atoms with Crippen LogP contribution < -0.4 is 4.74 Å². The van der Waals surface area contributed by atoms with Crippen molar-refractivity contribution in [2.75, 3.05) is 0 Å². The van der Waals surface area contributed by atoms with Crippen LogP contribution >= 0.6 is 11.6 Å². The van der Waals surface area contributed by atoms with Gasteiger partial charge in [-0.05, 0) is 80.1 Å². The van der Waals surface area contributed by atoms with Crippen LogP contribution in [-0.4, -0.2) is 0 Å². The van der Waals surface area contributed by atoms with Crippen LogP contribution in [-0.2, 0) is 11.8 Å². The lowest BCUT2D eigenvalue weighted by molar-refractivity contribution is 0.481. The number of aryl methyl sites for hydroxylation is 2. The van der Waals surface area contributed by atoms with Crippen LogP contribution in [0.5, 0.6) is 11.5 Å². The van der Waals surface area contributed by atoms with Crippen LogP contribution in [0, 0.1) is 19.3 Å². The van der Waals surface area contributed by atoms with Crippen LogP contribution in [0.25, 0.3) is 0 Å². The van der Waals surface area contributed by atoms with Gasteiger partial charge in [0.25, 0.3) is 0 Å². The Morgan fingerprint density at radius 3 is 2.43 bits per heavy atom. The Hall–Kier alpha value is -2.69. The Morgan fingerprint density at radius 1 is 0.964 bits per heavy atom. The van der Waals surface area contributed by atoms with E-state index in [2.05, 4.69) is 31.0 Å². The fraction of sp³-hybridized carbons (Fsp3) is 0.231. The van der Waals surface area contributed by atoms with Crippen molar-refractivity contribution < 1.29 is 4.74 Å². The molecule has 3 rings (SSSR count). The number of halogens is 1. The molecule has 0 fully saturated rings. The molecule has 0 aliphatic rings. The smallest absolute Gasteiger partial charge is 0.127 e. The summed E-state index contributed by atoms with van der Waals surface area (Å²) in [6.45, 7) is 4.12. The molecular formula is C26H25ClO. The summed E-state index contributed by atoms with van der Waals surface area (Å²) in [5.41, 5.74) is 3.09. The van der Waals surface area contributed by atoms with E-state index in [4.69, 9.17) is 22.8 Å². The highest BCUT2D eigenvalue weighted by atomic mass is 35.5. The average molecular weight is 389 g/mol. The van der Waals surface area contributed by atoms with Gasteiger partial charge >= 0.3 is 0 Å².